The lowest BCUT2D eigenvalue weighted by molar-refractivity contribution is 0.0270. The van der Waals surface area contributed by atoms with E-state index in [1.807, 2.05) is 33.9 Å². The third kappa shape index (κ3) is 3.21. The summed E-state index contributed by atoms with van der Waals surface area (Å²) in [5.74, 6) is 0. The molecule has 0 aliphatic carbocycles. The molecule has 6 heteroatoms. The molecule has 2 aromatic rings. The average molecular weight is 314 g/mol. The summed E-state index contributed by atoms with van der Waals surface area (Å²) in [6.07, 6.45) is 6.07. The topological polar surface area (TPSA) is 71.1 Å². The molecule has 0 bridgehead atoms. The highest BCUT2D eigenvalue weighted by atomic mass is 16.6. The quantitative estimate of drug-likeness (QED) is 0.876. The van der Waals surface area contributed by atoms with E-state index in [-0.39, 0.29) is 6.09 Å². The number of hydrogen-bond donors (Lipinski definition) is 1. The zero-order valence-corrected chi connectivity index (χ0v) is 14.0. The van der Waals surface area contributed by atoms with Crippen LogP contribution in [0, 0.1) is 6.92 Å². The van der Waals surface area contributed by atoms with Crippen LogP contribution in [-0.4, -0.2) is 44.6 Å². The Balaban J connectivity index is 1.81. The molecular formula is C17H22N4O2. The molecule has 3 heterocycles. The summed E-state index contributed by atoms with van der Waals surface area (Å²) in [6, 6.07) is 0. The van der Waals surface area contributed by atoms with Crippen LogP contribution in [0.5, 0.6) is 0 Å². The van der Waals surface area contributed by atoms with Gasteiger partial charge in [-0.3, -0.25) is 0 Å². The second-order valence-corrected chi connectivity index (χ2v) is 6.82. The molecule has 1 amide bonds. The maximum atomic E-state index is 12.1. The van der Waals surface area contributed by atoms with Gasteiger partial charge in [0.1, 0.15) is 17.6 Å². The van der Waals surface area contributed by atoms with Gasteiger partial charge >= 0.3 is 6.09 Å². The molecule has 0 fully saturated rings. The van der Waals surface area contributed by atoms with Crippen LogP contribution in [0.3, 0.4) is 0 Å². The zero-order valence-electron chi connectivity index (χ0n) is 14.0. The van der Waals surface area contributed by atoms with Crippen molar-refractivity contribution in [1.82, 2.24) is 19.9 Å². The number of nitrogens with one attached hydrogen (secondary N) is 1. The van der Waals surface area contributed by atoms with E-state index in [2.05, 4.69) is 21.0 Å². The van der Waals surface area contributed by atoms with Gasteiger partial charge in [0.05, 0.1) is 5.69 Å². The number of aryl methyl sites for hydroxylation is 1. The van der Waals surface area contributed by atoms with Crippen molar-refractivity contribution >= 4 is 22.7 Å². The van der Waals surface area contributed by atoms with Gasteiger partial charge in [-0.25, -0.2) is 14.8 Å². The van der Waals surface area contributed by atoms with Gasteiger partial charge in [0.15, 0.2) is 0 Å². The summed E-state index contributed by atoms with van der Waals surface area (Å²) >= 11 is 0. The third-order valence-corrected chi connectivity index (χ3v) is 3.83. The second-order valence-electron chi connectivity index (χ2n) is 6.82. The van der Waals surface area contributed by atoms with Crippen molar-refractivity contribution in [2.24, 2.45) is 0 Å². The molecule has 0 unspecified atom stereocenters. The number of aromatic amines is 1. The first-order chi connectivity index (χ1) is 10.8. The summed E-state index contributed by atoms with van der Waals surface area (Å²) in [7, 11) is 0. The molecule has 1 aliphatic heterocycles. The number of nitrogens with zero attached hydrogens (tertiary/aromatic N) is 3. The molecule has 0 radical (unpaired) electrons. The molecule has 0 saturated carbocycles. The Labute approximate surface area is 135 Å². The van der Waals surface area contributed by atoms with Crippen molar-refractivity contribution in [1.29, 1.82) is 0 Å². The van der Waals surface area contributed by atoms with Crippen LogP contribution >= 0.6 is 0 Å². The highest BCUT2D eigenvalue weighted by molar-refractivity contribution is 5.91. The van der Waals surface area contributed by atoms with E-state index in [9.17, 15) is 4.79 Å². The number of H-pyrrole nitrogens is 1. The molecule has 1 aliphatic rings. The fraction of sp³-hybridized carbons (Fsp3) is 0.471. The fourth-order valence-electron chi connectivity index (χ4n) is 2.74. The normalized spacial score (nSPS) is 15.7. The first-order valence-corrected chi connectivity index (χ1v) is 7.81. The van der Waals surface area contributed by atoms with Gasteiger partial charge in [-0.1, -0.05) is 6.08 Å². The lowest BCUT2D eigenvalue weighted by atomic mass is 10.0. The van der Waals surface area contributed by atoms with E-state index < -0.39 is 5.60 Å². The maximum Gasteiger partial charge on any atom is 0.410 e. The molecule has 0 atom stereocenters. The van der Waals surface area contributed by atoms with Gasteiger partial charge < -0.3 is 14.6 Å². The lowest BCUT2D eigenvalue weighted by Crippen LogP contribution is -2.39. The van der Waals surface area contributed by atoms with Gasteiger partial charge in [0, 0.05) is 24.7 Å². The fourth-order valence-corrected chi connectivity index (χ4v) is 2.74. The number of ether oxygens (including phenoxy) is 1. The molecule has 122 valence electrons. The standard InChI is InChI=1S/C17H22N4O2/c1-11-9-18-15-13(11)14(19-10-20-15)12-5-7-21(8-6-12)16(22)23-17(2,3)4/h5,9-10H,6-8H2,1-4H3,(H,18,19,20). The average Bonchev–Trinajstić information content (AvgIpc) is 2.87. The Morgan fingerprint density at radius 1 is 1.35 bits per heavy atom. The molecular weight excluding hydrogens is 292 g/mol. The molecule has 23 heavy (non-hydrogen) atoms. The van der Waals surface area contributed by atoms with Gasteiger partial charge in [-0.15, -0.1) is 0 Å². The second kappa shape index (κ2) is 5.68. The Kier molecular flexibility index (Phi) is 3.83. The smallest absolute Gasteiger partial charge is 0.410 e. The number of rotatable bonds is 1. The van der Waals surface area contributed by atoms with Crippen LogP contribution in [0.15, 0.2) is 18.6 Å². The van der Waals surface area contributed by atoms with Crippen molar-refractivity contribution in [3.63, 3.8) is 0 Å². The molecule has 0 spiro atoms. The summed E-state index contributed by atoms with van der Waals surface area (Å²) in [5.41, 5.74) is 3.62. The number of carbonyl (C=O) groups excluding carboxylic acids is 1. The summed E-state index contributed by atoms with van der Waals surface area (Å²) in [4.78, 5) is 25.7. The van der Waals surface area contributed by atoms with E-state index in [1.54, 1.807) is 11.2 Å². The Morgan fingerprint density at radius 3 is 2.78 bits per heavy atom. The minimum Gasteiger partial charge on any atom is -0.444 e. The Hall–Kier alpha value is -2.37. The van der Waals surface area contributed by atoms with Gasteiger partial charge in [-0.2, -0.15) is 0 Å². The molecule has 2 aromatic heterocycles. The van der Waals surface area contributed by atoms with E-state index in [4.69, 9.17) is 4.74 Å². The monoisotopic (exact) mass is 314 g/mol. The molecule has 0 saturated heterocycles. The number of hydrogen-bond acceptors (Lipinski definition) is 4. The largest absolute Gasteiger partial charge is 0.444 e. The minimum atomic E-state index is -0.470. The highest BCUT2D eigenvalue weighted by Gasteiger charge is 2.24. The maximum absolute atomic E-state index is 12.1. The first kappa shape index (κ1) is 15.5. The molecule has 6 nitrogen and oxygen atoms in total. The Morgan fingerprint density at radius 2 is 2.13 bits per heavy atom. The van der Waals surface area contributed by atoms with Crippen LogP contribution in [0.25, 0.3) is 16.6 Å². The van der Waals surface area contributed by atoms with Crippen molar-refractivity contribution in [2.75, 3.05) is 13.1 Å². The molecule has 3 rings (SSSR count). The van der Waals surface area contributed by atoms with Crippen molar-refractivity contribution in [3.8, 4) is 0 Å². The summed E-state index contributed by atoms with van der Waals surface area (Å²) < 4.78 is 5.42. The van der Waals surface area contributed by atoms with Gasteiger partial charge in [0.25, 0.3) is 0 Å². The van der Waals surface area contributed by atoms with E-state index in [1.165, 1.54) is 0 Å². The number of aromatic nitrogens is 3. The van der Waals surface area contributed by atoms with Gasteiger partial charge in [0.2, 0.25) is 0 Å². The van der Waals surface area contributed by atoms with Crippen LogP contribution in [0.4, 0.5) is 4.79 Å². The van der Waals surface area contributed by atoms with Crippen molar-refractivity contribution < 1.29 is 9.53 Å². The number of amides is 1. The molecule has 0 aromatic carbocycles. The van der Waals surface area contributed by atoms with Crippen LogP contribution < -0.4 is 0 Å². The van der Waals surface area contributed by atoms with Crippen LogP contribution in [0.1, 0.15) is 38.4 Å². The lowest BCUT2D eigenvalue weighted by Gasteiger charge is -2.29. The van der Waals surface area contributed by atoms with Crippen molar-refractivity contribution in [3.05, 3.63) is 29.9 Å². The van der Waals surface area contributed by atoms with Crippen LogP contribution in [0.2, 0.25) is 0 Å². The number of carbonyl (C=O) groups is 1. The third-order valence-electron chi connectivity index (χ3n) is 3.83. The number of fused-ring (bicyclic) bond motifs is 1. The van der Waals surface area contributed by atoms with E-state index >= 15 is 0 Å². The predicted octanol–water partition coefficient (Wildman–Crippen LogP) is 3.29. The zero-order chi connectivity index (χ0) is 16.6. The first-order valence-electron chi connectivity index (χ1n) is 7.81. The van der Waals surface area contributed by atoms with Crippen LogP contribution in [-0.2, 0) is 4.74 Å². The van der Waals surface area contributed by atoms with E-state index in [0.29, 0.717) is 13.1 Å². The van der Waals surface area contributed by atoms with E-state index in [0.717, 1.165) is 34.3 Å². The summed E-state index contributed by atoms with van der Waals surface area (Å²) in [6.45, 7) is 8.85. The van der Waals surface area contributed by atoms with Crippen molar-refractivity contribution in [2.45, 2.75) is 39.7 Å². The minimum absolute atomic E-state index is 0.265. The highest BCUT2D eigenvalue weighted by Crippen LogP contribution is 2.28. The SMILES string of the molecule is Cc1c[nH]c2ncnc(C3=CCN(C(=O)OC(C)(C)C)CC3)c12. The van der Waals surface area contributed by atoms with Gasteiger partial charge in [-0.05, 0) is 45.3 Å². The summed E-state index contributed by atoms with van der Waals surface area (Å²) in [5, 5.41) is 1.06. The Bertz CT molecular complexity index is 770. The predicted molar refractivity (Wildman–Crippen MR) is 89.0 cm³/mol. The molecule has 1 N–H and O–H groups in total.